The van der Waals surface area contributed by atoms with Crippen molar-refractivity contribution in [2.45, 2.75) is 26.9 Å². The minimum atomic E-state index is -0.149. The van der Waals surface area contributed by atoms with Gasteiger partial charge in [-0.3, -0.25) is 4.79 Å². The van der Waals surface area contributed by atoms with Gasteiger partial charge < -0.3 is 9.88 Å². The lowest BCUT2D eigenvalue weighted by Crippen LogP contribution is -2.27. The van der Waals surface area contributed by atoms with E-state index in [2.05, 4.69) is 15.4 Å². The van der Waals surface area contributed by atoms with Gasteiger partial charge in [0, 0.05) is 29.7 Å². The van der Waals surface area contributed by atoms with Crippen molar-refractivity contribution in [3.63, 3.8) is 0 Å². The molecule has 4 rings (SSSR count). The molecule has 142 valence electrons. The predicted molar refractivity (Wildman–Crippen MR) is 110 cm³/mol. The molecule has 0 spiro atoms. The Morgan fingerprint density at radius 2 is 1.89 bits per heavy atom. The van der Waals surface area contributed by atoms with Crippen molar-refractivity contribution >= 4 is 28.5 Å². The van der Waals surface area contributed by atoms with Crippen LogP contribution in [0.1, 0.15) is 16.8 Å². The van der Waals surface area contributed by atoms with Gasteiger partial charge in [0.1, 0.15) is 6.54 Å². The first-order valence-electron chi connectivity index (χ1n) is 9.01. The van der Waals surface area contributed by atoms with Crippen molar-refractivity contribution in [3.05, 3.63) is 76.7 Å². The van der Waals surface area contributed by atoms with E-state index in [9.17, 15) is 4.79 Å². The second-order valence-electron chi connectivity index (χ2n) is 6.72. The minimum Gasteiger partial charge on any atom is -0.350 e. The molecular formula is C21H20ClN5O. The first-order valence-corrected chi connectivity index (χ1v) is 9.39. The normalized spacial score (nSPS) is 11.1. The van der Waals surface area contributed by atoms with Crippen LogP contribution in [-0.4, -0.2) is 25.2 Å². The highest BCUT2D eigenvalue weighted by Crippen LogP contribution is 2.25. The van der Waals surface area contributed by atoms with Crippen molar-refractivity contribution in [1.29, 1.82) is 0 Å². The monoisotopic (exact) mass is 393 g/mol. The van der Waals surface area contributed by atoms with Gasteiger partial charge in [-0.05, 0) is 49.2 Å². The molecule has 1 aromatic carbocycles. The molecule has 0 aliphatic heterocycles. The number of fused-ring (bicyclic) bond motifs is 1. The Balaban J connectivity index is 1.63. The standard InChI is InChI=1S/C21H20ClN5O/c1-14-11-15(2)24-20-19(14)21(26-9-5-6-10-26)25-27(20)13-18(28)23-12-16-7-3-4-8-17(16)22/h3-11H,12-13H2,1-2H3,(H,23,28). The summed E-state index contributed by atoms with van der Waals surface area (Å²) < 4.78 is 3.59. The Bertz CT molecular complexity index is 1150. The van der Waals surface area contributed by atoms with E-state index in [-0.39, 0.29) is 12.5 Å². The number of nitrogens with zero attached hydrogens (tertiary/aromatic N) is 4. The van der Waals surface area contributed by atoms with Crippen LogP contribution in [0.4, 0.5) is 0 Å². The fraction of sp³-hybridized carbons (Fsp3) is 0.190. The fourth-order valence-corrected chi connectivity index (χ4v) is 3.49. The summed E-state index contributed by atoms with van der Waals surface area (Å²) in [5.41, 5.74) is 3.55. The van der Waals surface area contributed by atoms with Crippen molar-refractivity contribution in [2.24, 2.45) is 0 Å². The highest BCUT2D eigenvalue weighted by molar-refractivity contribution is 6.31. The molecule has 1 amide bonds. The average Bonchev–Trinajstić information content (AvgIpc) is 3.29. The lowest BCUT2D eigenvalue weighted by molar-refractivity contribution is -0.121. The van der Waals surface area contributed by atoms with Crippen LogP contribution in [-0.2, 0) is 17.9 Å². The molecule has 0 aliphatic rings. The molecule has 0 saturated carbocycles. The van der Waals surface area contributed by atoms with Gasteiger partial charge >= 0.3 is 0 Å². The third-order valence-electron chi connectivity index (χ3n) is 4.59. The maximum Gasteiger partial charge on any atom is 0.242 e. The molecule has 0 radical (unpaired) electrons. The smallest absolute Gasteiger partial charge is 0.242 e. The van der Waals surface area contributed by atoms with E-state index in [0.29, 0.717) is 17.2 Å². The summed E-state index contributed by atoms with van der Waals surface area (Å²) in [6.07, 6.45) is 3.87. The lowest BCUT2D eigenvalue weighted by Gasteiger charge is -2.08. The van der Waals surface area contributed by atoms with Gasteiger partial charge in [-0.25, -0.2) is 9.67 Å². The Morgan fingerprint density at radius 1 is 1.14 bits per heavy atom. The van der Waals surface area contributed by atoms with E-state index in [1.54, 1.807) is 4.68 Å². The van der Waals surface area contributed by atoms with Gasteiger partial charge in [-0.2, -0.15) is 5.10 Å². The fourth-order valence-electron chi connectivity index (χ4n) is 3.29. The number of hydrogen-bond acceptors (Lipinski definition) is 3. The predicted octanol–water partition coefficient (Wildman–Crippen LogP) is 3.81. The van der Waals surface area contributed by atoms with Gasteiger partial charge in [0.15, 0.2) is 11.5 Å². The van der Waals surface area contributed by atoms with Crippen LogP contribution in [0, 0.1) is 13.8 Å². The Morgan fingerprint density at radius 3 is 2.64 bits per heavy atom. The number of amides is 1. The van der Waals surface area contributed by atoms with Crippen LogP contribution in [0.2, 0.25) is 5.02 Å². The summed E-state index contributed by atoms with van der Waals surface area (Å²) >= 11 is 6.16. The largest absolute Gasteiger partial charge is 0.350 e. The van der Waals surface area contributed by atoms with Gasteiger partial charge in [-0.1, -0.05) is 29.8 Å². The molecule has 0 saturated heterocycles. The molecule has 0 unspecified atom stereocenters. The molecule has 1 N–H and O–H groups in total. The number of carbonyl (C=O) groups excluding carboxylic acids is 1. The molecule has 0 fully saturated rings. The first kappa shape index (κ1) is 18.3. The zero-order valence-electron chi connectivity index (χ0n) is 15.7. The van der Waals surface area contributed by atoms with E-state index >= 15 is 0 Å². The quantitative estimate of drug-likeness (QED) is 0.560. The molecule has 0 atom stereocenters. The number of aryl methyl sites for hydroxylation is 2. The first-order chi connectivity index (χ1) is 13.5. The summed E-state index contributed by atoms with van der Waals surface area (Å²) in [6.45, 7) is 4.43. The summed E-state index contributed by atoms with van der Waals surface area (Å²) in [4.78, 5) is 17.2. The molecule has 3 heterocycles. The maximum absolute atomic E-state index is 12.6. The van der Waals surface area contributed by atoms with Crippen LogP contribution in [0.5, 0.6) is 0 Å². The van der Waals surface area contributed by atoms with E-state index in [0.717, 1.165) is 28.0 Å². The van der Waals surface area contributed by atoms with Crippen molar-refractivity contribution in [2.75, 3.05) is 0 Å². The van der Waals surface area contributed by atoms with Crippen LogP contribution < -0.4 is 5.32 Å². The number of benzene rings is 1. The van der Waals surface area contributed by atoms with E-state index < -0.39 is 0 Å². The summed E-state index contributed by atoms with van der Waals surface area (Å²) in [5.74, 6) is 0.619. The Hall–Kier alpha value is -3.12. The summed E-state index contributed by atoms with van der Waals surface area (Å²) in [5, 5.41) is 9.16. The number of carbonyl (C=O) groups is 1. The number of hydrogen-bond donors (Lipinski definition) is 1. The number of aromatic nitrogens is 4. The SMILES string of the molecule is Cc1cc(C)c2c(-n3cccc3)nn(CC(=O)NCc3ccccc3Cl)c2n1. The molecule has 7 heteroatoms. The third kappa shape index (κ3) is 3.51. The molecular weight excluding hydrogens is 374 g/mol. The Labute approximate surface area is 167 Å². The number of halogens is 1. The third-order valence-corrected chi connectivity index (χ3v) is 4.95. The Kier molecular flexibility index (Phi) is 4.88. The van der Waals surface area contributed by atoms with Crippen LogP contribution in [0.3, 0.4) is 0 Å². The van der Waals surface area contributed by atoms with E-state index in [4.69, 9.17) is 11.6 Å². The lowest BCUT2D eigenvalue weighted by atomic mass is 10.2. The van der Waals surface area contributed by atoms with Crippen LogP contribution >= 0.6 is 11.6 Å². The molecule has 3 aromatic heterocycles. The highest BCUT2D eigenvalue weighted by Gasteiger charge is 2.17. The topological polar surface area (TPSA) is 64.7 Å². The van der Waals surface area contributed by atoms with Gasteiger partial charge in [0.05, 0.1) is 5.39 Å². The molecule has 0 aliphatic carbocycles. The van der Waals surface area contributed by atoms with Crippen LogP contribution in [0.15, 0.2) is 54.9 Å². The molecule has 28 heavy (non-hydrogen) atoms. The van der Waals surface area contributed by atoms with Crippen molar-refractivity contribution in [1.82, 2.24) is 24.6 Å². The average molecular weight is 394 g/mol. The van der Waals surface area contributed by atoms with Crippen molar-refractivity contribution < 1.29 is 4.79 Å². The second-order valence-corrected chi connectivity index (χ2v) is 7.13. The zero-order chi connectivity index (χ0) is 19.7. The zero-order valence-corrected chi connectivity index (χ0v) is 16.4. The number of rotatable bonds is 5. The van der Waals surface area contributed by atoms with Crippen LogP contribution in [0.25, 0.3) is 16.9 Å². The maximum atomic E-state index is 12.6. The van der Waals surface area contributed by atoms with Crippen molar-refractivity contribution in [3.8, 4) is 5.82 Å². The van der Waals surface area contributed by atoms with E-state index in [1.807, 2.05) is 73.3 Å². The minimum absolute atomic E-state index is 0.0815. The molecule has 6 nitrogen and oxygen atoms in total. The second kappa shape index (κ2) is 7.48. The summed E-state index contributed by atoms with van der Waals surface area (Å²) in [6, 6.07) is 13.4. The highest BCUT2D eigenvalue weighted by atomic mass is 35.5. The number of pyridine rings is 1. The number of nitrogens with one attached hydrogen (secondary N) is 1. The van der Waals surface area contributed by atoms with Gasteiger partial charge in [-0.15, -0.1) is 0 Å². The van der Waals surface area contributed by atoms with Gasteiger partial charge in [0.25, 0.3) is 0 Å². The summed E-state index contributed by atoms with van der Waals surface area (Å²) in [7, 11) is 0. The molecule has 0 bridgehead atoms. The molecule has 4 aromatic rings. The van der Waals surface area contributed by atoms with E-state index in [1.165, 1.54) is 0 Å². The van der Waals surface area contributed by atoms with Gasteiger partial charge in [0.2, 0.25) is 5.91 Å².